The molecule has 72 valence electrons. The maximum Gasteiger partial charge on any atom is 0.0701 e. The summed E-state index contributed by atoms with van der Waals surface area (Å²) < 4.78 is 1.15. The van der Waals surface area contributed by atoms with Crippen molar-refractivity contribution in [3.63, 3.8) is 0 Å². The summed E-state index contributed by atoms with van der Waals surface area (Å²) in [5, 5.41) is 3.91. The van der Waals surface area contributed by atoms with E-state index in [4.69, 9.17) is 11.6 Å². The number of halogens is 2. The van der Waals surface area contributed by atoms with E-state index in [9.17, 15) is 0 Å². The molecule has 1 nitrogen and oxygen atoms in total. The van der Waals surface area contributed by atoms with Crippen LogP contribution in [0.15, 0.2) is 27.5 Å². The predicted molar refractivity (Wildman–Crippen MR) is 63.4 cm³/mol. The van der Waals surface area contributed by atoms with Crippen LogP contribution in [0.1, 0.15) is 17.8 Å². The van der Waals surface area contributed by atoms with Gasteiger partial charge >= 0.3 is 0 Å². The van der Waals surface area contributed by atoms with Crippen LogP contribution in [-0.4, -0.2) is 6.54 Å². The van der Waals surface area contributed by atoms with Crippen molar-refractivity contribution in [1.29, 1.82) is 0 Å². The van der Waals surface area contributed by atoms with Gasteiger partial charge in [0.1, 0.15) is 0 Å². The normalized spacial score (nSPS) is 12.8. The zero-order chi connectivity index (χ0) is 9.84. The fourth-order valence-electron chi connectivity index (χ4n) is 0.925. The average molecular weight is 281 g/mol. The van der Waals surface area contributed by atoms with Crippen LogP contribution < -0.4 is 5.32 Å². The highest BCUT2D eigenvalue weighted by Crippen LogP contribution is 2.26. The fraction of sp³-hybridized carbons (Fsp3) is 0.333. The fourth-order valence-corrected chi connectivity index (χ4v) is 2.45. The Morgan fingerprint density at radius 1 is 1.77 bits per heavy atom. The molecule has 0 saturated carbocycles. The molecule has 0 aliphatic carbocycles. The van der Waals surface area contributed by atoms with E-state index in [1.54, 1.807) is 11.3 Å². The van der Waals surface area contributed by atoms with Crippen LogP contribution in [0.3, 0.4) is 0 Å². The van der Waals surface area contributed by atoms with E-state index >= 15 is 0 Å². The van der Waals surface area contributed by atoms with Crippen molar-refractivity contribution in [2.24, 2.45) is 0 Å². The molecule has 1 rings (SSSR count). The van der Waals surface area contributed by atoms with Gasteiger partial charge in [0.25, 0.3) is 0 Å². The van der Waals surface area contributed by atoms with Gasteiger partial charge in [-0.1, -0.05) is 18.2 Å². The molecule has 1 N–H and O–H groups in total. The minimum atomic E-state index is 0.326. The van der Waals surface area contributed by atoms with Crippen molar-refractivity contribution in [3.05, 3.63) is 32.4 Å². The van der Waals surface area contributed by atoms with Gasteiger partial charge in [-0.3, -0.25) is 0 Å². The van der Waals surface area contributed by atoms with Crippen molar-refractivity contribution in [2.75, 3.05) is 6.54 Å². The van der Waals surface area contributed by atoms with Crippen LogP contribution in [0.5, 0.6) is 0 Å². The van der Waals surface area contributed by atoms with Gasteiger partial charge in [-0.2, -0.15) is 0 Å². The summed E-state index contributed by atoms with van der Waals surface area (Å²) in [7, 11) is 0. The summed E-state index contributed by atoms with van der Waals surface area (Å²) in [6.45, 7) is 6.38. The van der Waals surface area contributed by atoms with Gasteiger partial charge in [0, 0.05) is 22.5 Å². The molecule has 1 aromatic rings. The molecule has 0 fully saturated rings. The molecule has 1 atom stereocenters. The lowest BCUT2D eigenvalue weighted by atomic mass is 10.3. The Morgan fingerprint density at radius 3 is 2.92 bits per heavy atom. The lowest BCUT2D eigenvalue weighted by Gasteiger charge is -2.10. The molecule has 0 aromatic carbocycles. The lowest BCUT2D eigenvalue weighted by molar-refractivity contribution is 0.624. The van der Waals surface area contributed by atoms with Gasteiger partial charge in [-0.15, -0.1) is 11.3 Å². The second-order valence-corrected chi connectivity index (χ2v) is 5.79. The Balaban J connectivity index is 2.48. The van der Waals surface area contributed by atoms with Crippen LogP contribution in [0.2, 0.25) is 0 Å². The summed E-state index contributed by atoms with van der Waals surface area (Å²) in [6, 6.07) is 4.48. The standard InChI is InChI=1S/C9H11BrClNS/c1-6(11)5-12-7(2)8-3-4-9(10)13-8/h3-4,7,12H,1,5H2,2H3. The third-order valence-corrected chi connectivity index (χ3v) is 3.56. The SMILES string of the molecule is C=C(Cl)CNC(C)c1ccc(Br)s1. The van der Waals surface area contributed by atoms with Gasteiger partial charge in [0.2, 0.25) is 0 Å². The van der Waals surface area contributed by atoms with Crippen molar-refractivity contribution in [1.82, 2.24) is 5.32 Å². The molecule has 1 unspecified atom stereocenters. The number of nitrogens with one attached hydrogen (secondary N) is 1. The first kappa shape index (κ1) is 11.2. The minimum Gasteiger partial charge on any atom is -0.304 e. The zero-order valence-electron chi connectivity index (χ0n) is 7.31. The average Bonchev–Trinajstić information content (AvgIpc) is 2.47. The van der Waals surface area contributed by atoms with Gasteiger partial charge in [0.05, 0.1) is 3.79 Å². The Morgan fingerprint density at radius 2 is 2.46 bits per heavy atom. The molecule has 0 aliphatic rings. The summed E-state index contributed by atoms with van der Waals surface area (Å²) in [5.74, 6) is 0. The van der Waals surface area contributed by atoms with Crippen molar-refractivity contribution < 1.29 is 0 Å². The maximum atomic E-state index is 5.65. The van der Waals surface area contributed by atoms with E-state index in [1.807, 2.05) is 6.07 Å². The molecule has 0 saturated heterocycles. The molecule has 4 heteroatoms. The highest BCUT2D eigenvalue weighted by molar-refractivity contribution is 9.11. The number of thiophene rings is 1. The summed E-state index contributed by atoms with van der Waals surface area (Å²) >= 11 is 10.8. The molecule has 1 heterocycles. The largest absolute Gasteiger partial charge is 0.304 e. The zero-order valence-corrected chi connectivity index (χ0v) is 10.5. The smallest absolute Gasteiger partial charge is 0.0701 e. The second-order valence-electron chi connectivity index (χ2n) is 2.76. The van der Waals surface area contributed by atoms with Crippen molar-refractivity contribution in [3.8, 4) is 0 Å². The topological polar surface area (TPSA) is 12.0 Å². The number of hydrogen-bond donors (Lipinski definition) is 1. The molecule has 0 radical (unpaired) electrons. The third-order valence-electron chi connectivity index (χ3n) is 1.62. The lowest BCUT2D eigenvalue weighted by Crippen LogP contribution is -2.18. The first-order chi connectivity index (χ1) is 6.09. The van der Waals surface area contributed by atoms with Crippen molar-refractivity contribution in [2.45, 2.75) is 13.0 Å². The highest BCUT2D eigenvalue weighted by Gasteiger charge is 2.06. The summed E-state index contributed by atoms with van der Waals surface area (Å²) in [5.41, 5.74) is 0. The van der Waals surface area contributed by atoms with Crippen LogP contribution in [0.25, 0.3) is 0 Å². The Hall–Kier alpha value is 0.170. The molecule has 0 bridgehead atoms. The van der Waals surface area contributed by atoms with Crippen LogP contribution in [-0.2, 0) is 0 Å². The minimum absolute atomic E-state index is 0.326. The van der Waals surface area contributed by atoms with Gasteiger partial charge in [0.15, 0.2) is 0 Å². The van der Waals surface area contributed by atoms with Gasteiger partial charge < -0.3 is 5.32 Å². The van der Waals surface area contributed by atoms with Gasteiger partial charge in [-0.25, -0.2) is 0 Å². The molecule has 0 aliphatic heterocycles. The quantitative estimate of drug-likeness (QED) is 0.881. The molecule has 13 heavy (non-hydrogen) atoms. The maximum absolute atomic E-state index is 5.65. The predicted octanol–water partition coefficient (Wildman–Crippen LogP) is 3.91. The van der Waals surface area contributed by atoms with Crippen LogP contribution >= 0.6 is 38.9 Å². The first-order valence-corrected chi connectivity index (χ1v) is 5.90. The van der Waals surface area contributed by atoms with E-state index < -0.39 is 0 Å². The molecule has 0 amide bonds. The van der Waals surface area contributed by atoms with E-state index in [2.05, 4.69) is 40.8 Å². The highest BCUT2D eigenvalue weighted by atomic mass is 79.9. The Kier molecular flexibility index (Phi) is 4.46. The Bertz CT molecular complexity index is 298. The first-order valence-electron chi connectivity index (χ1n) is 3.91. The van der Waals surface area contributed by atoms with E-state index in [0.717, 1.165) is 3.79 Å². The van der Waals surface area contributed by atoms with E-state index in [0.29, 0.717) is 17.6 Å². The molecule has 1 aromatic heterocycles. The summed E-state index contributed by atoms with van der Waals surface area (Å²) in [6.07, 6.45) is 0. The monoisotopic (exact) mass is 279 g/mol. The number of rotatable bonds is 4. The van der Waals surface area contributed by atoms with Crippen LogP contribution in [0, 0.1) is 0 Å². The second kappa shape index (κ2) is 5.15. The molecular formula is C9H11BrClNS. The van der Waals surface area contributed by atoms with E-state index in [-0.39, 0.29) is 0 Å². The number of hydrogen-bond acceptors (Lipinski definition) is 2. The van der Waals surface area contributed by atoms with E-state index in [1.165, 1.54) is 4.88 Å². The van der Waals surface area contributed by atoms with Crippen LogP contribution in [0.4, 0.5) is 0 Å². The van der Waals surface area contributed by atoms with Crippen molar-refractivity contribution >= 4 is 38.9 Å². The van der Waals surface area contributed by atoms with Gasteiger partial charge in [-0.05, 0) is 35.0 Å². The summed E-state index contributed by atoms with van der Waals surface area (Å²) in [4.78, 5) is 1.30. The molecular weight excluding hydrogens is 270 g/mol. The Labute approximate surface area is 95.9 Å². The molecule has 0 spiro atoms. The third kappa shape index (κ3) is 3.81.